The highest BCUT2D eigenvalue weighted by atomic mass is 19.1. The molecule has 2 aromatic carbocycles. The fraction of sp³-hybridized carbons (Fsp3) is 0.441. The van der Waals surface area contributed by atoms with E-state index in [-0.39, 0.29) is 33.9 Å². The molecular weight excluding hydrogens is 546 g/mol. The predicted molar refractivity (Wildman–Crippen MR) is 165 cm³/mol. The number of nitrogens with one attached hydrogen (secondary N) is 1. The number of fused-ring (bicyclic) bond motifs is 3. The van der Waals surface area contributed by atoms with E-state index < -0.39 is 11.6 Å². The maximum atomic E-state index is 16.6. The molecule has 2 saturated heterocycles. The van der Waals surface area contributed by atoms with Gasteiger partial charge in [-0.25, -0.2) is 8.78 Å². The van der Waals surface area contributed by atoms with E-state index in [9.17, 15) is 4.39 Å². The van der Waals surface area contributed by atoms with Gasteiger partial charge in [0.1, 0.15) is 29.5 Å². The van der Waals surface area contributed by atoms with E-state index in [1.807, 2.05) is 6.07 Å². The Kier molecular flexibility index (Phi) is 6.94. The van der Waals surface area contributed by atoms with Gasteiger partial charge in [0.15, 0.2) is 5.82 Å². The van der Waals surface area contributed by atoms with Crippen LogP contribution in [0.1, 0.15) is 50.5 Å². The molecule has 1 aliphatic carbocycles. The van der Waals surface area contributed by atoms with Crippen molar-refractivity contribution in [2.24, 2.45) is 0 Å². The molecule has 43 heavy (non-hydrogen) atoms. The minimum Gasteiger partial charge on any atom is -0.461 e. The Morgan fingerprint density at radius 1 is 1.05 bits per heavy atom. The molecule has 1 N–H and O–H groups in total. The maximum absolute atomic E-state index is 16.6. The quantitative estimate of drug-likeness (QED) is 0.255. The average Bonchev–Trinajstić information content (AvgIpc) is 3.56. The number of likely N-dealkylation sites (N-methyl/N-ethyl adjacent to an activating group) is 1. The zero-order chi connectivity index (χ0) is 29.8. The topological polar surface area (TPSA) is 66.4 Å². The number of rotatable bonds is 8. The van der Waals surface area contributed by atoms with Crippen LogP contribution in [0.2, 0.25) is 0 Å². The van der Waals surface area contributed by atoms with E-state index in [1.165, 1.54) is 12.5 Å². The van der Waals surface area contributed by atoms with Crippen molar-refractivity contribution in [3.63, 3.8) is 0 Å². The van der Waals surface area contributed by atoms with E-state index >= 15 is 4.39 Å². The molecule has 1 saturated carbocycles. The highest BCUT2D eigenvalue weighted by Gasteiger charge is 2.45. The van der Waals surface area contributed by atoms with Crippen molar-refractivity contribution in [1.29, 1.82) is 0 Å². The Hall–Kier alpha value is -3.87. The minimum atomic E-state index is -0.625. The first-order valence-electron chi connectivity index (χ1n) is 15.2. The minimum absolute atomic E-state index is 0.00653. The summed E-state index contributed by atoms with van der Waals surface area (Å²) >= 11 is 0. The number of hydrogen-bond donors (Lipinski definition) is 1. The Bertz CT molecular complexity index is 1750. The van der Waals surface area contributed by atoms with Crippen molar-refractivity contribution in [3.05, 3.63) is 53.7 Å². The average molecular weight is 583 g/mol. The van der Waals surface area contributed by atoms with Crippen LogP contribution in [0.5, 0.6) is 6.01 Å². The van der Waals surface area contributed by atoms with Crippen LogP contribution in [0.15, 0.2) is 36.5 Å². The summed E-state index contributed by atoms with van der Waals surface area (Å²) in [6.07, 6.45) is 15.1. The zero-order valence-corrected chi connectivity index (χ0v) is 24.7. The van der Waals surface area contributed by atoms with Crippen LogP contribution in [0.25, 0.3) is 32.9 Å². The summed E-state index contributed by atoms with van der Waals surface area (Å²) in [6, 6.07) is 8.43. The first-order chi connectivity index (χ1) is 20.8. The van der Waals surface area contributed by atoms with Crippen LogP contribution in [0, 0.1) is 24.0 Å². The van der Waals surface area contributed by atoms with Gasteiger partial charge >= 0.3 is 6.01 Å². The number of terminal acetylenes is 1. The Balaban J connectivity index is 1.33. The summed E-state index contributed by atoms with van der Waals surface area (Å²) in [5.41, 5.74) is 0.648. The van der Waals surface area contributed by atoms with Crippen LogP contribution in [0.3, 0.4) is 0 Å². The molecule has 9 heteroatoms. The third kappa shape index (κ3) is 4.59. The van der Waals surface area contributed by atoms with Gasteiger partial charge in [-0.3, -0.25) is 9.88 Å². The fourth-order valence-electron chi connectivity index (χ4n) is 7.39. The molecule has 0 amide bonds. The third-order valence-corrected chi connectivity index (χ3v) is 10.2. The second kappa shape index (κ2) is 10.7. The molecule has 0 radical (unpaired) electrons. The maximum Gasteiger partial charge on any atom is 0.319 e. The summed E-state index contributed by atoms with van der Waals surface area (Å²) in [5.74, 6) is 1.78. The van der Waals surface area contributed by atoms with Crippen molar-refractivity contribution in [3.8, 4) is 29.6 Å². The van der Waals surface area contributed by atoms with Gasteiger partial charge in [-0.1, -0.05) is 30.2 Å². The number of pyridine rings is 1. The Morgan fingerprint density at radius 3 is 2.53 bits per heavy atom. The van der Waals surface area contributed by atoms with Gasteiger partial charge in [-0.05, 0) is 83.6 Å². The number of anilines is 1. The molecule has 2 aliphatic heterocycles. The molecular formula is C34H36F2N6O. The van der Waals surface area contributed by atoms with E-state index in [2.05, 4.69) is 45.1 Å². The summed E-state index contributed by atoms with van der Waals surface area (Å²) in [5, 5.41) is 5.11. The van der Waals surface area contributed by atoms with Gasteiger partial charge in [-0.2, -0.15) is 9.97 Å². The smallest absolute Gasteiger partial charge is 0.319 e. The zero-order valence-electron chi connectivity index (χ0n) is 24.7. The highest BCUT2D eigenvalue weighted by Crippen LogP contribution is 2.41. The molecule has 0 bridgehead atoms. The second-order valence-electron chi connectivity index (χ2n) is 12.5. The molecule has 3 aliphatic rings. The normalized spacial score (nSPS) is 19.0. The van der Waals surface area contributed by atoms with Gasteiger partial charge in [0.25, 0.3) is 0 Å². The van der Waals surface area contributed by atoms with Crippen LogP contribution >= 0.6 is 0 Å². The molecule has 7 rings (SSSR count). The number of nitrogens with zero attached hydrogens (tertiary/aromatic N) is 5. The van der Waals surface area contributed by atoms with Gasteiger partial charge in [0.2, 0.25) is 0 Å². The summed E-state index contributed by atoms with van der Waals surface area (Å²) in [6.45, 7) is 3.28. The first-order valence-corrected chi connectivity index (χ1v) is 15.2. The Morgan fingerprint density at radius 2 is 1.84 bits per heavy atom. The van der Waals surface area contributed by atoms with Crippen LogP contribution < -0.4 is 10.1 Å². The van der Waals surface area contributed by atoms with E-state index in [0.29, 0.717) is 40.7 Å². The molecule has 4 aromatic rings. The summed E-state index contributed by atoms with van der Waals surface area (Å²) in [4.78, 5) is 18.7. The molecule has 3 fully saturated rings. The predicted octanol–water partition coefficient (Wildman–Crippen LogP) is 6.01. The number of hydrogen-bond acceptors (Lipinski definition) is 7. The largest absolute Gasteiger partial charge is 0.461 e. The standard InChI is InChI=1S/C34H36F2N6O/c1-4-23-26(35)12-11-22-9-5-10-24(27(22)23)29-28(36)30-25(19-37-29)31(38-20-33(41(2)3)13-6-14-33)40-32(39-30)43-21-34-15-7-17-42(34)18-8-16-34/h1,5,9-12,19H,6-8,13-18,20-21H2,2-3H3,(H,38,39,40). The number of ether oxygens (including phenoxy) is 1. The van der Waals surface area contributed by atoms with E-state index in [4.69, 9.17) is 16.1 Å². The highest BCUT2D eigenvalue weighted by molar-refractivity contribution is 6.02. The number of aromatic nitrogens is 3. The van der Waals surface area contributed by atoms with Crippen molar-refractivity contribution < 1.29 is 13.5 Å². The van der Waals surface area contributed by atoms with E-state index in [1.54, 1.807) is 24.4 Å². The lowest BCUT2D eigenvalue weighted by Crippen LogP contribution is -2.54. The van der Waals surface area contributed by atoms with E-state index in [0.717, 1.165) is 51.6 Å². The van der Waals surface area contributed by atoms with Gasteiger partial charge in [0, 0.05) is 29.2 Å². The number of benzene rings is 2. The SMILES string of the molecule is C#Cc1c(F)ccc2cccc(-c3ncc4c(NCC5(N(C)C)CCC5)nc(OCC56CCCN5CCC6)nc4c3F)c12. The molecule has 7 nitrogen and oxygen atoms in total. The second-order valence-corrected chi connectivity index (χ2v) is 12.5. The number of halogens is 2. The van der Waals surface area contributed by atoms with Crippen molar-refractivity contribution in [2.45, 2.75) is 56.0 Å². The lowest BCUT2D eigenvalue weighted by atomic mass is 9.75. The van der Waals surface area contributed by atoms with Gasteiger partial charge < -0.3 is 15.0 Å². The first kappa shape index (κ1) is 27.9. The van der Waals surface area contributed by atoms with Crippen molar-refractivity contribution >= 4 is 27.5 Å². The summed E-state index contributed by atoms with van der Waals surface area (Å²) < 4.78 is 37.7. The molecule has 4 heterocycles. The summed E-state index contributed by atoms with van der Waals surface area (Å²) in [7, 11) is 4.18. The molecule has 0 spiro atoms. The Labute approximate surface area is 250 Å². The molecule has 0 unspecified atom stereocenters. The lowest BCUT2D eigenvalue weighted by Gasteiger charge is -2.47. The van der Waals surface area contributed by atoms with Gasteiger partial charge in [-0.15, -0.1) is 6.42 Å². The van der Waals surface area contributed by atoms with Crippen molar-refractivity contribution in [1.82, 2.24) is 24.8 Å². The van der Waals surface area contributed by atoms with Gasteiger partial charge in [0.05, 0.1) is 16.5 Å². The molecule has 2 aromatic heterocycles. The molecule has 0 atom stereocenters. The monoisotopic (exact) mass is 582 g/mol. The van der Waals surface area contributed by atoms with Crippen LogP contribution in [0.4, 0.5) is 14.6 Å². The molecule has 222 valence electrons. The lowest BCUT2D eigenvalue weighted by molar-refractivity contribution is 0.0738. The fourth-order valence-corrected chi connectivity index (χ4v) is 7.39. The third-order valence-electron chi connectivity index (χ3n) is 10.2. The van der Waals surface area contributed by atoms with Crippen molar-refractivity contribution in [2.75, 3.05) is 45.7 Å². The van der Waals surface area contributed by atoms with Crippen LogP contribution in [-0.2, 0) is 0 Å². The van der Waals surface area contributed by atoms with Crippen LogP contribution in [-0.4, -0.2) is 76.2 Å².